The number of rotatable bonds is 4. The summed E-state index contributed by atoms with van der Waals surface area (Å²) in [6.07, 6.45) is 1.10. The van der Waals surface area contributed by atoms with Crippen LogP contribution in [0.3, 0.4) is 0 Å². The maximum Gasteiger partial charge on any atom is 0.251 e. The summed E-state index contributed by atoms with van der Waals surface area (Å²) in [6, 6.07) is 15.6. The quantitative estimate of drug-likeness (QED) is 0.689. The summed E-state index contributed by atoms with van der Waals surface area (Å²) in [5.41, 5.74) is 4.72. The molecule has 0 bridgehead atoms. The van der Waals surface area contributed by atoms with Crippen LogP contribution < -0.4 is 10.1 Å². The van der Waals surface area contributed by atoms with E-state index in [1.165, 1.54) is 11.1 Å². The Balaban J connectivity index is 1.40. The summed E-state index contributed by atoms with van der Waals surface area (Å²) < 4.78 is 11.2. The molecule has 1 aliphatic rings. The van der Waals surface area contributed by atoms with Gasteiger partial charge in [-0.1, -0.05) is 38.1 Å². The fourth-order valence-corrected chi connectivity index (χ4v) is 3.50. The lowest BCUT2D eigenvalue weighted by Crippen LogP contribution is -2.23. The van der Waals surface area contributed by atoms with Crippen molar-refractivity contribution in [2.24, 2.45) is 0 Å². The number of aromatic nitrogens is 1. The largest absolute Gasteiger partial charge is 0.490 e. The Morgan fingerprint density at radius 1 is 1.14 bits per heavy atom. The third-order valence-corrected chi connectivity index (χ3v) is 5.18. The first-order valence-electron chi connectivity index (χ1n) is 9.94. The third kappa shape index (κ3) is 4.19. The number of carbonyl (C=O) groups is 1. The molecular weight excluding hydrogens is 364 g/mol. The normalized spacial score (nSPS) is 15.7. The van der Waals surface area contributed by atoms with E-state index in [1.54, 1.807) is 0 Å². The van der Waals surface area contributed by atoms with Crippen LogP contribution in [0, 0.1) is 0 Å². The van der Waals surface area contributed by atoms with E-state index in [0.717, 1.165) is 17.7 Å². The first kappa shape index (κ1) is 19.2. The summed E-state index contributed by atoms with van der Waals surface area (Å²) in [5.74, 6) is 1.50. The first-order valence-corrected chi connectivity index (χ1v) is 9.94. The molecular formula is C24H26N2O3. The van der Waals surface area contributed by atoms with Gasteiger partial charge in [-0.15, -0.1) is 0 Å². The average molecular weight is 390 g/mol. The Bertz CT molecular complexity index is 1030. The van der Waals surface area contributed by atoms with Crippen LogP contribution in [0.25, 0.3) is 11.3 Å². The molecule has 5 heteroatoms. The highest BCUT2D eigenvalue weighted by Crippen LogP contribution is 2.33. The van der Waals surface area contributed by atoms with Crippen molar-refractivity contribution in [1.82, 2.24) is 10.5 Å². The maximum absolute atomic E-state index is 12.4. The molecule has 1 unspecified atom stereocenters. The van der Waals surface area contributed by atoms with Gasteiger partial charge in [0.05, 0.1) is 6.54 Å². The number of amides is 1. The summed E-state index contributed by atoms with van der Waals surface area (Å²) in [5, 5.41) is 7.00. The molecule has 2 aromatic carbocycles. The van der Waals surface area contributed by atoms with Gasteiger partial charge in [-0.05, 0) is 53.8 Å². The lowest BCUT2D eigenvalue weighted by molar-refractivity contribution is 0.0950. The lowest BCUT2D eigenvalue weighted by Gasteiger charge is -2.19. The molecule has 2 heterocycles. The van der Waals surface area contributed by atoms with Gasteiger partial charge < -0.3 is 14.6 Å². The van der Waals surface area contributed by atoms with Crippen molar-refractivity contribution in [2.45, 2.75) is 52.2 Å². The lowest BCUT2D eigenvalue weighted by atomic mass is 9.87. The molecule has 3 aromatic rings. The Morgan fingerprint density at radius 3 is 2.62 bits per heavy atom. The molecule has 1 N–H and O–H groups in total. The number of ether oxygens (including phenoxy) is 1. The number of fused-ring (bicyclic) bond motifs is 1. The van der Waals surface area contributed by atoms with Crippen LogP contribution in [0.5, 0.6) is 5.75 Å². The standard InChI is InChI=1S/C24H26N2O3/c1-15-11-18-12-17(7-10-21(18)28-15)22-13-20(26-29-22)14-25-23(27)16-5-8-19(9-6-16)24(2,3)4/h5-10,12-13,15H,11,14H2,1-4H3,(H,25,27). The summed E-state index contributed by atoms with van der Waals surface area (Å²) in [7, 11) is 0. The fourth-order valence-electron chi connectivity index (χ4n) is 3.50. The highest BCUT2D eigenvalue weighted by molar-refractivity contribution is 5.94. The Kier molecular flexibility index (Phi) is 4.91. The van der Waals surface area contributed by atoms with Crippen LogP contribution in [0.15, 0.2) is 53.1 Å². The van der Waals surface area contributed by atoms with Crippen LogP contribution in [0.1, 0.15) is 54.9 Å². The van der Waals surface area contributed by atoms with Crippen molar-refractivity contribution < 1.29 is 14.1 Å². The second kappa shape index (κ2) is 7.39. The number of nitrogens with one attached hydrogen (secondary N) is 1. The van der Waals surface area contributed by atoms with Crippen molar-refractivity contribution in [2.75, 3.05) is 0 Å². The third-order valence-electron chi connectivity index (χ3n) is 5.18. The minimum absolute atomic E-state index is 0.0633. The molecule has 0 saturated heterocycles. The highest BCUT2D eigenvalue weighted by Gasteiger charge is 2.20. The fraction of sp³-hybridized carbons (Fsp3) is 0.333. The smallest absolute Gasteiger partial charge is 0.251 e. The molecule has 0 radical (unpaired) electrons. The van der Waals surface area contributed by atoms with E-state index in [0.29, 0.717) is 23.6 Å². The molecule has 1 aliphatic heterocycles. The van der Waals surface area contributed by atoms with Gasteiger partial charge in [0.25, 0.3) is 5.91 Å². The number of nitrogens with zero attached hydrogens (tertiary/aromatic N) is 1. The number of hydrogen-bond donors (Lipinski definition) is 1. The second-order valence-corrected chi connectivity index (χ2v) is 8.65. The zero-order valence-electron chi connectivity index (χ0n) is 17.3. The monoisotopic (exact) mass is 390 g/mol. The van der Waals surface area contributed by atoms with Crippen molar-refractivity contribution in [1.29, 1.82) is 0 Å². The molecule has 1 aromatic heterocycles. The Morgan fingerprint density at radius 2 is 1.90 bits per heavy atom. The van der Waals surface area contributed by atoms with Crippen LogP contribution >= 0.6 is 0 Å². The summed E-state index contributed by atoms with van der Waals surface area (Å²) in [4.78, 5) is 12.4. The zero-order chi connectivity index (χ0) is 20.6. The van der Waals surface area contributed by atoms with Gasteiger partial charge >= 0.3 is 0 Å². The predicted molar refractivity (Wildman–Crippen MR) is 112 cm³/mol. The number of hydrogen-bond acceptors (Lipinski definition) is 4. The van der Waals surface area contributed by atoms with Crippen molar-refractivity contribution in [3.63, 3.8) is 0 Å². The molecule has 4 rings (SSSR count). The molecule has 29 heavy (non-hydrogen) atoms. The number of benzene rings is 2. The van der Waals surface area contributed by atoms with Crippen LogP contribution in [0.2, 0.25) is 0 Å². The Hall–Kier alpha value is -3.08. The van der Waals surface area contributed by atoms with Gasteiger partial charge in [-0.2, -0.15) is 0 Å². The van der Waals surface area contributed by atoms with E-state index < -0.39 is 0 Å². The van der Waals surface area contributed by atoms with Crippen molar-refractivity contribution in [3.8, 4) is 17.1 Å². The first-order chi connectivity index (χ1) is 13.8. The van der Waals surface area contributed by atoms with Crippen LogP contribution in [-0.2, 0) is 18.4 Å². The van der Waals surface area contributed by atoms with Crippen LogP contribution in [0.4, 0.5) is 0 Å². The number of carbonyl (C=O) groups excluding carboxylic acids is 1. The molecule has 0 saturated carbocycles. The highest BCUT2D eigenvalue weighted by atomic mass is 16.5. The van der Waals surface area contributed by atoms with Crippen LogP contribution in [-0.4, -0.2) is 17.2 Å². The summed E-state index contributed by atoms with van der Waals surface area (Å²) in [6.45, 7) is 8.83. The van der Waals surface area contributed by atoms with E-state index in [1.807, 2.05) is 42.5 Å². The van der Waals surface area contributed by atoms with Crippen molar-refractivity contribution >= 4 is 5.91 Å². The predicted octanol–water partition coefficient (Wildman–Crippen LogP) is 4.89. The molecule has 0 spiro atoms. The van der Waals surface area contributed by atoms with Gasteiger partial charge in [0.1, 0.15) is 17.5 Å². The minimum atomic E-state index is -0.126. The average Bonchev–Trinajstić information content (AvgIpc) is 3.30. The second-order valence-electron chi connectivity index (χ2n) is 8.65. The SMILES string of the molecule is CC1Cc2cc(-c3cc(CNC(=O)c4ccc(C(C)(C)C)cc4)no3)ccc2O1. The molecule has 150 valence electrons. The van der Waals surface area contributed by atoms with E-state index >= 15 is 0 Å². The molecule has 1 amide bonds. The molecule has 0 aliphatic carbocycles. The van der Waals surface area contributed by atoms with E-state index in [-0.39, 0.29) is 17.4 Å². The van der Waals surface area contributed by atoms with Crippen molar-refractivity contribution in [3.05, 3.63) is 70.9 Å². The van der Waals surface area contributed by atoms with Gasteiger partial charge in [-0.3, -0.25) is 4.79 Å². The summed E-state index contributed by atoms with van der Waals surface area (Å²) >= 11 is 0. The molecule has 0 fully saturated rings. The van der Waals surface area contributed by atoms with Gasteiger partial charge in [0.2, 0.25) is 0 Å². The van der Waals surface area contributed by atoms with E-state index in [9.17, 15) is 4.79 Å². The minimum Gasteiger partial charge on any atom is -0.490 e. The van der Waals surface area contributed by atoms with Gasteiger partial charge in [0, 0.05) is 23.6 Å². The molecule has 1 atom stereocenters. The maximum atomic E-state index is 12.4. The topological polar surface area (TPSA) is 64.4 Å². The van der Waals surface area contributed by atoms with Gasteiger partial charge in [0.15, 0.2) is 5.76 Å². The van der Waals surface area contributed by atoms with E-state index in [4.69, 9.17) is 9.26 Å². The van der Waals surface area contributed by atoms with Gasteiger partial charge in [-0.25, -0.2) is 0 Å². The molecule has 5 nitrogen and oxygen atoms in total. The zero-order valence-corrected chi connectivity index (χ0v) is 17.3. The van der Waals surface area contributed by atoms with E-state index in [2.05, 4.69) is 44.2 Å². The Labute approximate surface area is 171 Å².